The quantitative estimate of drug-likeness (QED) is 0.568. The second-order valence-corrected chi connectivity index (χ2v) is 9.00. The van der Waals surface area contributed by atoms with E-state index in [2.05, 4.69) is 18.4 Å². The molecule has 0 unspecified atom stereocenters. The Hall–Kier alpha value is -2.18. The van der Waals surface area contributed by atoms with Gasteiger partial charge in [-0.25, -0.2) is 0 Å². The lowest BCUT2D eigenvalue weighted by atomic mass is 10.1. The summed E-state index contributed by atoms with van der Waals surface area (Å²) in [6.45, 7) is 4.17. The van der Waals surface area contributed by atoms with Crippen LogP contribution in [0.1, 0.15) is 41.7 Å². The van der Waals surface area contributed by atoms with Gasteiger partial charge in [-0.15, -0.1) is 11.3 Å². The highest BCUT2D eigenvalue weighted by Crippen LogP contribution is 2.27. The highest BCUT2D eigenvalue weighted by molar-refractivity contribution is 7.10. The summed E-state index contributed by atoms with van der Waals surface area (Å²) < 4.78 is 5.21. The van der Waals surface area contributed by atoms with E-state index < -0.39 is 0 Å². The van der Waals surface area contributed by atoms with E-state index >= 15 is 0 Å². The second kappa shape index (κ2) is 11.3. The number of benzene rings is 1. The monoisotopic (exact) mass is 428 g/mol. The predicted molar refractivity (Wildman–Crippen MR) is 120 cm³/mol. The van der Waals surface area contributed by atoms with E-state index in [4.69, 9.17) is 4.74 Å². The van der Waals surface area contributed by atoms with Crippen LogP contribution in [0.5, 0.6) is 0 Å². The minimum atomic E-state index is -0.0193. The maximum atomic E-state index is 13.4. The van der Waals surface area contributed by atoms with Crippen molar-refractivity contribution in [1.29, 1.82) is 0 Å². The van der Waals surface area contributed by atoms with E-state index in [1.54, 1.807) is 23.3 Å². The number of aryl methyl sites for hydroxylation is 1. The fourth-order valence-electron chi connectivity index (χ4n) is 3.94. The molecule has 0 spiro atoms. The van der Waals surface area contributed by atoms with E-state index in [1.165, 1.54) is 10.4 Å². The topological polar surface area (TPSA) is 49.9 Å². The van der Waals surface area contributed by atoms with E-state index in [0.29, 0.717) is 26.2 Å². The number of amides is 2. The van der Waals surface area contributed by atoms with Crippen molar-refractivity contribution in [3.8, 4) is 0 Å². The Balaban J connectivity index is 1.74. The first-order valence-corrected chi connectivity index (χ1v) is 11.6. The Labute approximate surface area is 183 Å². The Morgan fingerprint density at radius 2 is 1.80 bits per heavy atom. The van der Waals surface area contributed by atoms with Crippen molar-refractivity contribution in [3.63, 3.8) is 0 Å². The molecule has 2 amide bonds. The molecule has 0 saturated heterocycles. The lowest BCUT2D eigenvalue weighted by Crippen LogP contribution is -2.45. The molecular formula is C24H32N2O3S. The second-order valence-electron chi connectivity index (χ2n) is 8.00. The van der Waals surface area contributed by atoms with Gasteiger partial charge in [0.2, 0.25) is 11.8 Å². The molecular weight excluding hydrogens is 396 g/mol. The van der Waals surface area contributed by atoms with Crippen LogP contribution in [0.15, 0.2) is 41.8 Å². The lowest BCUT2D eigenvalue weighted by molar-refractivity contribution is -0.144. The molecule has 0 aliphatic heterocycles. The average Bonchev–Trinajstić information content (AvgIpc) is 3.43. The van der Waals surface area contributed by atoms with Crippen molar-refractivity contribution < 1.29 is 14.3 Å². The van der Waals surface area contributed by atoms with Gasteiger partial charge in [0.05, 0.1) is 19.7 Å². The summed E-state index contributed by atoms with van der Waals surface area (Å²) in [5.41, 5.74) is 2.29. The van der Waals surface area contributed by atoms with Gasteiger partial charge in [0.1, 0.15) is 0 Å². The molecule has 2 aromatic rings. The molecule has 1 aromatic heterocycles. The predicted octanol–water partition coefficient (Wildman–Crippen LogP) is 4.25. The van der Waals surface area contributed by atoms with E-state index in [1.807, 2.05) is 35.2 Å². The first-order valence-electron chi connectivity index (χ1n) is 10.7. The van der Waals surface area contributed by atoms with Gasteiger partial charge < -0.3 is 14.5 Å². The SMILES string of the molecule is COCCN(CC(=O)N(Cc1ccccc1)Cc1sccc1C)C(=O)C1CCCC1. The summed E-state index contributed by atoms with van der Waals surface area (Å²) in [7, 11) is 1.63. The molecule has 162 valence electrons. The van der Waals surface area contributed by atoms with Gasteiger partial charge in [0, 0.05) is 31.0 Å². The number of carbonyl (C=O) groups is 2. The third-order valence-corrected chi connectivity index (χ3v) is 6.79. The molecule has 6 heteroatoms. The van der Waals surface area contributed by atoms with Crippen molar-refractivity contribution in [2.24, 2.45) is 5.92 Å². The van der Waals surface area contributed by atoms with Gasteiger partial charge in [-0.1, -0.05) is 43.2 Å². The molecule has 0 bridgehead atoms. The Morgan fingerprint density at radius 1 is 1.07 bits per heavy atom. The fourth-order valence-corrected chi connectivity index (χ4v) is 4.86. The molecule has 0 N–H and O–H groups in total. The van der Waals surface area contributed by atoms with Crippen LogP contribution in [0, 0.1) is 12.8 Å². The third-order valence-electron chi connectivity index (χ3n) is 5.78. The maximum absolute atomic E-state index is 13.4. The van der Waals surface area contributed by atoms with Crippen LogP contribution in [-0.4, -0.2) is 48.4 Å². The highest BCUT2D eigenvalue weighted by Gasteiger charge is 2.29. The smallest absolute Gasteiger partial charge is 0.242 e. The van der Waals surface area contributed by atoms with Crippen molar-refractivity contribution in [3.05, 3.63) is 57.8 Å². The molecule has 1 aromatic carbocycles. The zero-order valence-electron chi connectivity index (χ0n) is 18.0. The number of carbonyl (C=O) groups excluding carboxylic acids is 2. The van der Waals surface area contributed by atoms with Crippen molar-refractivity contribution in [2.45, 2.75) is 45.7 Å². The van der Waals surface area contributed by atoms with Crippen LogP contribution >= 0.6 is 11.3 Å². The zero-order chi connectivity index (χ0) is 21.3. The molecule has 30 heavy (non-hydrogen) atoms. The van der Waals surface area contributed by atoms with Crippen molar-refractivity contribution in [2.75, 3.05) is 26.8 Å². The summed E-state index contributed by atoms with van der Waals surface area (Å²) in [4.78, 5) is 31.2. The van der Waals surface area contributed by atoms with Gasteiger partial charge in [-0.3, -0.25) is 9.59 Å². The molecule has 1 fully saturated rings. The highest BCUT2D eigenvalue weighted by atomic mass is 32.1. The minimum absolute atomic E-state index is 0.0193. The van der Waals surface area contributed by atoms with Crippen LogP contribution in [0.2, 0.25) is 0 Å². The van der Waals surface area contributed by atoms with E-state index in [0.717, 1.165) is 31.2 Å². The summed E-state index contributed by atoms with van der Waals surface area (Å²) in [5.74, 6) is 0.135. The normalized spacial score (nSPS) is 14.1. The summed E-state index contributed by atoms with van der Waals surface area (Å²) in [5, 5.41) is 2.06. The van der Waals surface area contributed by atoms with Crippen LogP contribution in [0.3, 0.4) is 0 Å². The number of hydrogen-bond acceptors (Lipinski definition) is 4. The molecule has 3 rings (SSSR count). The van der Waals surface area contributed by atoms with Crippen molar-refractivity contribution in [1.82, 2.24) is 9.80 Å². The van der Waals surface area contributed by atoms with E-state index in [-0.39, 0.29) is 24.3 Å². The number of ether oxygens (including phenoxy) is 1. The molecule has 1 aliphatic rings. The van der Waals surface area contributed by atoms with Crippen LogP contribution in [0.25, 0.3) is 0 Å². The standard InChI is InChI=1S/C24H32N2O3S/c1-19-12-15-30-22(19)17-26(16-20-8-4-3-5-9-20)23(27)18-25(13-14-29-2)24(28)21-10-6-7-11-21/h3-5,8-9,12,15,21H,6-7,10-11,13-14,16-18H2,1-2H3. The molecule has 0 radical (unpaired) electrons. The van der Waals surface area contributed by atoms with Crippen LogP contribution in [-0.2, 0) is 27.4 Å². The number of rotatable bonds is 10. The average molecular weight is 429 g/mol. The molecule has 1 saturated carbocycles. The largest absolute Gasteiger partial charge is 0.383 e. The molecule has 1 heterocycles. The number of hydrogen-bond donors (Lipinski definition) is 0. The maximum Gasteiger partial charge on any atom is 0.242 e. The fraction of sp³-hybridized carbons (Fsp3) is 0.500. The number of thiophene rings is 1. The van der Waals surface area contributed by atoms with Gasteiger partial charge >= 0.3 is 0 Å². The van der Waals surface area contributed by atoms with Gasteiger partial charge in [0.15, 0.2) is 0 Å². The first-order chi connectivity index (χ1) is 14.6. The van der Waals surface area contributed by atoms with Gasteiger partial charge in [-0.05, 0) is 42.3 Å². The Morgan fingerprint density at radius 3 is 2.43 bits per heavy atom. The van der Waals surface area contributed by atoms with E-state index in [9.17, 15) is 9.59 Å². The Kier molecular flexibility index (Phi) is 8.46. The van der Waals surface area contributed by atoms with Gasteiger partial charge in [-0.2, -0.15) is 0 Å². The van der Waals surface area contributed by atoms with Gasteiger partial charge in [0.25, 0.3) is 0 Å². The van der Waals surface area contributed by atoms with Crippen LogP contribution < -0.4 is 0 Å². The molecule has 5 nitrogen and oxygen atoms in total. The first kappa shape index (κ1) is 22.5. The Bertz CT molecular complexity index is 815. The lowest BCUT2D eigenvalue weighted by Gasteiger charge is -2.29. The molecule has 1 aliphatic carbocycles. The summed E-state index contributed by atoms with van der Waals surface area (Å²) in [6, 6.07) is 12.1. The molecule has 0 atom stereocenters. The van der Waals surface area contributed by atoms with Crippen LogP contribution in [0.4, 0.5) is 0 Å². The minimum Gasteiger partial charge on any atom is -0.383 e. The number of methoxy groups -OCH3 is 1. The number of nitrogens with zero attached hydrogens (tertiary/aromatic N) is 2. The summed E-state index contributed by atoms with van der Waals surface area (Å²) >= 11 is 1.67. The third kappa shape index (κ3) is 6.16. The zero-order valence-corrected chi connectivity index (χ0v) is 18.8. The summed E-state index contributed by atoms with van der Waals surface area (Å²) in [6.07, 6.45) is 4.05. The van der Waals surface area contributed by atoms with Crippen molar-refractivity contribution >= 4 is 23.2 Å².